The lowest BCUT2D eigenvalue weighted by molar-refractivity contribution is 0.637. The van der Waals surface area contributed by atoms with Gasteiger partial charge in [0, 0.05) is 0 Å². The largest absolute Gasteiger partial charge is 0.271 e. The van der Waals surface area contributed by atoms with Crippen LogP contribution >= 0.6 is 0 Å². The SMILES string of the molecule is Cc1cccc(C(NN)c2ccc3ccccc3c2)c1. The van der Waals surface area contributed by atoms with Crippen molar-refractivity contribution < 1.29 is 0 Å². The van der Waals surface area contributed by atoms with Crippen molar-refractivity contribution in [1.82, 2.24) is 5.43 Å². The van der Waals surface area contributed by atoms with Gasteiger partial charge in [-0.25, -0.2) is 5.43 Å². The van der Waals surface area contributed by atoms with Crippen LogP contribution in [0, 0.1) is 6.92 Å². The topological polar surface area (TPSA) is 38.0 Å². The van der Waals surface area contributed by atoms with Crippen molar-refractivity contribution >= 4 is 10.8 Å². The predicted molar refractivity (Wildman–Crippen MR) is 84.3 cm³/mol. The number of fused-ring (bicyclic) bond motifs is 1. The number of rotatable bonds is 3. The van der Waals surface area contributed by atoms with Crippen molar-refractivity contribution in [1.29, 1.82) is 0 Å². The molecule has 1 unspecified atom stereocenters. The molecule has 0 heterocycles. The number of aryl methyl sites for hydroxylation is 1. The molecule has 20 heavy (non-hydrogen) atoms. The highest BCUT2D eigenvalue weighted by molar-refractivity contribution is 5.83. The van der Waals surface area contributed by atoms with Gasteiger partial charge in [-0.1, -0.05) is 66.2 Å². The van der Waals surface area contributed by atoms with Crippen LogP contribution in [0.25, 0.3) is 10.8 Å². The molecule has 0 aliphatic rings. The summed E-state index contributed by atoms with van der Waals surface area (Å²) >= 11 is 0. The Kier molecular flexibility index (Phi) is 3.50. The van der Waals surface area contributed by atoms with E-state index in [-0.39, 0.29) is 6.04 Å². The van der Waals surface area contributed by atoms with Crippen LogP contribution in [0.4, 0.5) is 0 Å². The second-order valence-corrected chi connectivity index (χ2v) is 5.12. The van der Waals surface area contributed by atoms with E-state index in [0.717, 1.165) is 0 Å². The average Bonchev–Trinajstić information content (AvgIpc) is 2.48. The summed E-state index contributed by atoms with van der Waals surface area (Å²) in [7, 11) is 0. The molecule has 2 heteroatoms. The maximum Gasteiger partial charge on any atom is 0.0710 e. The Bertz CT molecular complexity index is 734. The van der Waals surface area contributed by atoms with Gasteiger partial charge in [-0.3, -0.25) is 5.84 Å². The van der Waals surface area contributed by atoms with E-state index in [1.165, 1.54) is 27.5 Å². The van der Waals surface area contributed by atoms with Crippen molar-refractivity contribution in [2.75, 3.05) is 0 Å². The number of benzene rings is 3. The molecule has 0 bridgehead atoms. The van der Waals surface area contributed by atoms with Crippen molar-refractivity contribution in [3.05, 3.63) is 83.4 Å². The number of hydrazine groups is 1. The van der Waals surface area contributed by atoms with E-state index < -0.39 is 0 Å². The zero-order chi connectivity index (χ0) is 13.9. The van der Waals surface area contributed by atoms with Crippen LogP contribution in [0.1, 0.15) is 22.7 Å². The highest BCUT2D eigenvalue weighted by Gasteiger charge is 2.12. The van der Waals surface area contributed by atoms with Gasteiger partial charge < -0.3 is 0 Å². The normalized spacial score (nSPS) is 12.5. The van der Waals surface area contributed by atoms with Crippen molar-refractivity contribution in [2.24, 2.45) is 5.84 Å². The highest BCUT2D eigenvalue weighted by Crippen LogP contribution is 2.25. The standard InChI is InChI=1S/C18H18N2/c1-13-5-4-8-16(11-13)18(20-19)17-10-9-14-6-2-3-7-15(14)12-17/h2-12,18,20H,19H2,1H3. The molecular formula is C18H18N2. The minimum Gasteiger partial charge on any atom is -0.271 e. The molecule has 0 aromatic heterocycles. The molecule has 0 saturated heterocycles. The summed E-state index contributed by atoms with van der Waals surface area (Å²) < 4.78 is 0. The van der Waals surface area contributed by atoms with Gasteiger partial charge in [0.15, 0.2) is 0 Å². The molecule has 0 aliphatic heterocycles. The Morgan fingerprint density at radius 3 is 2.30 bits per heavy atom. The molecule has 0 fully saturated rings. The van der Waals surface area contributed by atoms with Crippen LogP contribution in [0.15, 0.2) is 66.7 Å². The second-order valence-electron chi connectivity index (χ2n) is 5.12. The summed E-state index contributed by atoms with van der Waals surface area (Å²) in [5.41, 5.74) is 6.53. The third kappa shape index (κ3) is 2.44. The second kappa shape index (κ2) is 5.45. The molecule has 2 nitrogen and oxygen atoms in total. The van der Waals surface area contributed by atoms with E-state index in [1.54, 1.807) is 0 Å². The van der Waals surface area contributed by atoms with Gasteiger partial charge in [0.1, 0.15) is 0 Å². The first-order valence-electron chi connectivity index (χ1n) is 6.79. The lowest BCUT2D eigenvalue weighted by Gasteiger charge is -2.18. The molecule has 3 aromatic rings. The fraction of sp³-hybridized carbons (Fsp3) is 0.111. The molecule has 0 radical (unpaired) electrons. The van der Waals surface area contributed by atoms with E-state index in [1.807, 2.05) is 0 Å². The van der Waals surface area contributed by atoms with Crippen molar-refractivity contribution in [3.8, 4) is 0 Å². The van der Waals surface area contributed by atoms with Crippen LogP contribution in [-0.2, 0) is 0 Å². The fourth-order valence-corrected chi connectivity index (χ4v) is 2.62. The van der Waals surface area contributed by atoms with Gasteiger partial charge in [-0.05, 0) is 34.9 Å². The van der Waals surface area contributed by atoms with Crippen molar-refractivity contribution in [3.63, 3.8) is 0 Å². The molecule has 1 atom stereocenters. The van der Waals surface area contributed by atoms with Gasteiger partial charge >= 0.3 is 0 Å². The lowest BCUT2D eigenvalue weighted by Crippen LogP contribution is -2.28. The Morgan fingerprint density at radius 2 is 1.55 bits per heavy atom. The predicted octanol–water partition coefficient (Wildman–Crippen LogP) is 3.70. The molecule has 3 aromatic carbocycles. The lowest BCUT2D eigenvalue weighted by atomic mass is 9.96. The molecule has 0 spiro atoms. The first-order chi connectivity index (χ1) is 9.78. The molecule has 0 amide bonds. The first-order valence-corrected chi connectivity index (χ1v) is 6.79. The van der Waals surface area contributed by atoms with Gasteiger partial charge in [-0.2, -0.15) is 0 Å². The Labute approximate surface area is 119 Å². The van der Waals surface area contributed by atoms with Crippen LogP contribution < -0.4 is 11.3 Å². The minimum atomic E-state index is 0.0134. The average molecular weight is 262 g/mol. The Balaban J connectivity index is 2.07. The zero-order valence-electron chi connectivity index (χ0n) is 11.5. The summed E-state index contributed by atoms with van der Waals surface area (Å²) in [5, 5.41) is 2.48. The summed E-state index contributed by atoms with van der Waals surface area (Å²) in [6.07, 6.45) is 0. The van der Waals surface area contributed by atoms with E-state index in [2.05, 4.69) is 79.1 Å². The smallest absolute Gasteiger partial charge is 0.0710 e. The fourth-order valence-electron chi connectivity index (χ4n) is 2.62. The van der Waals surface area contributed by atoms with E-state index in [9.17, 15) is 0 Å². The molecular weight excluding hydrogens is 244 g/mol. The molecule has 100 valence electrons. The number of nitrogens with one attached hydrogen (secondary N) is 1. The molecule has 0 saturated carbocycles. The highest BCUT2D eigenvalue weighted by atomic mass is 15.2. The molecule has 3 rings (SSSR count). The zero-order valence-corrected chi connectivity index (χ0v) is 11.5. The maximum absolute atomic E-state index is 5.78. The summed E-state index contributed by atoms with van der Waals surface area (Å²) in [6, 6.07) is 23.3. The summed E-state index contributed by atoms with van der Waals surface area (Å²) in [4.78, 5) is 0. The minimum absolute atomic E-state index is 0.0134. The van der Waals surface area contributed by atoms with E-state index in [4.69, 9.17) is 5.84 Å². The quantitative estimate of drug-likeness (QED) is 0.558. The van der Waals surface area contributed by atoms with Crippen molar-refractivity contribution in [2.45, 2.75) is 13.0 Å². The van der Waals surface area contributed by atoms with Crippen LogP contribution in [0.5, 0.6) is 0 Å². The number of hydrogen-bond donors (Lipinski definition) is 2. The van der Waals surface area contributed by atoms with Gasteiger partial charge in [-0.15, -0.1) is 0 Å². The monoisotopic (exact) mass is 262 g/mol. The van der Waals surface area contributed by atoms with Crippen LogP contribution in [-0.4, -0.2) is 0 Å². The van der Waals surface area contributed by atoms with Crippen LogP contribution in [0.3, 0.4) is 0 Å². The van der Waals surface area contributed by atoms with Gasteiger partial charge in [0.25, 0.3) is 0 Å². The van der Waals surface area contributed by atoms with Crippen LogP contribution in [0.2, 0.25) is 0 Å². The number of nitrogens with two attached hydrogens (primary N) is 1. The maximum atomic E-state index is 5.78. The number of hydrogen-bond acceptors (Lipinski definition) is 2. The third-order valence-corrected chi connectivity index (χ3v) is 3.65. The summed E-state index contributed by atoms with van der Waals surface area (Å²) in [6.45, 7) is 2.09. The Morgan fingerprint density at radius 1 is 0.800 bits per heavy atom. The van der Waals surface area contributed by atoms with E-state index >= 15 is 0 Å². The Hall–Kier alpha value is -2.16. The van der Waals surface area contributed by atoms with Gasteiger partial charge in [0.05, 0.1) is 6.04 Å². The third-order valence-electron chi connectivity index (χ3n) is 3.65. The van der Waals surface area contributed by atoms with E-state index in [0.29, 0.717) is 0 Å². The van der Waals surface area contributed by atoms with Gasteiger partial charge in [0.2, 0.25) is 0 Å². The first kappa shape index (κ1) is 12.9. The summed E-state index contributed by atoms with van der Waals surface area (Å²) in [5.74, 6) is 5.78. The molecule has 0 aliphatic carbocycles. The molecule has 3 N–H and O–H groups in total.